The molecular formula is C16H26N4O3S. The Labute approximate surface area is 143 Å². The second-order valence-corrected chi connectivity index (χ2v) is 8.39. The number of carbonyl (C=O) groups excluding carboxylic acids is 1. The van der Waals surface area contributed by atoms with Gasteiger partial charge < -0.3 is 16.0 Å². The first-order valence-electron chi connectivity index (χ1n) is 7.67. The Hall–Kier alpha value is -2.09. The lowest BCUT2D eigenvalue weighted by Crippen LogP contribution is -2.48. The highest BCUT2D eigenvalue weighted by molar-refractivity contribution is 7.91. The lowest BCUT2D eigenvalue weighted by Gasteiger charge is -2.21. The summed E-state index contributed by atoms with van der Waals surface area (Å²) in [7, 11) is -1.79. The van der Waals surface area contributed by atoms with Gasteiger partial charge in [-0.2, -0.15) is 0 Å². The number of amides is 1. The number of aliphatic imine (C=N–C) groups is 1. The third kappa shape index (κ3) is 7.45. The molecule has 134 valence electrons. The van der Waals surface area contributed by atoms with E-state index in [1.165, 1.54) is 0 Å². The zero-order chi connectivity index (χ0) is 18.2. The molecule has 0 saturated carbocycles. The van der Waals surface area contributed by atoms with Crippen LogP contribution < -0.4 is 16.0 Å². The molecule has 0 spiro atoms. The van der Waals surface area contributed by atoms with Gasteiger partial charge in [-0.15, -0.1) is 0 Å². The molecule has 0 saturated heterocycles. The molecule has 0 bridgehead atoms. The zero-order valence-corrected chi connectivity index (χ0v) is 15.4. The number of carbonyl (C=O) groups is 1. The third-order valence-electron chi connectivity index (χ3n) is 2.92. The monoisotopic (exact) mass is 354 g/mol. The standard InChI is InChI=1S/C16H26N4O3S/c1-16(2,3)20-14(21)12-19-15(17-4)18-10-11-24(22,23)13-8-6-5-7-9-13/h5-9H,10-12H2,1-4H3,(H,20,21)(H2,17,18,19). The molecule has 0 aromatic heterocycles. The average Bonchev–Trinajstić information content (AvgIpc) is 2.49. The van der Waals surface area contributed by atoms with Crippen LogP contribution in [0.4, 0.5) is 0 Å². The molecule has 3 N–H and O–H groups in total. The minimum Gasteiger partial charge on any atom is -0.355 e. The van der Waals surface area contributed by atoms with Gasteiger partial charge >= 0.3 is 0 Å². The summed E-state index contributed by atoms with van der Waals surface area (Å²) in [6.45, 7) is 5.94. The highest BCUT2D eigenvalue weighted by atomic mass is 32.2. The van der Waals surface area contributed by atoms with Gasteiger partial charge in [0.2, 0.25) is 5.91 Å². The van der Waals surface area contributed by atoms with Crippen molar-refractivity contribution in [3.8, 4) is 0 Å². The fourth-order valence-corrected chi connectivity index (χ4v) is 3.07. The van der Waals surface area contributed by atoms with Crippen LogP contribution in [-0.4, -0.2) is 51.7 Å². The van der Waals surface area contributed by atoms with E-state index in [4.69, 9.17) is 0 Å². The summed E-state index contributed by atoms with van der Waals surface area (Å²) in [5, 5.41) is 8.56. The Bertz CT molecular complexity index is 664. The average molecular weight is 354 g/mol. The van der Waals surface area contributed by atoms with Crippen LogP contribution in [0.2, 0.25) is 0 Å². The fraction of sp³-hybridized carbons (Fsp3) is 0.500. The summed E-state index contributed by atoms with van der Waals surface area (Å²) in [6, 6.07) is 8.29. The van der Waals surface area contributed by atoms with Crippen molar-refractivity contribution >= 4 is 21.7 Å². The Morgan fingerprint density at radius 2 is 1.75 bits per heavy atom. The molecule has 0 aliphatic rings. The van der Waals surface area contributed by atoms with Gasteiger partial charge in [0.1, 0.15) is 0 Å². The van der Waals surface area contributed by atoms with Gasteiger partial charge in [-0.05, 0) is 32.9 Å². The van der Waals surface area contributed by atoms with Crippen LogP contribution in [0.3, 0.4) is 0 Å². The molecule has 24 heavy (non-hydrogen) atoms. The van der Waals surface area contributed by atoms with Crippen molar-refractivity contribution in [1.29, 1.82) is 0 Å². The van der Waals surface area contributed by atoms with Crippen LogP contribution in [0.1, 0.15) is 20.8 Å². The van der Waals surface area contributed by atoms with Crippen molar-refractivity contribution in [2.45, 2.75) is 31.2 Å². The van der Waals surface area contributed by atoms with Crippen molar-refractivity contribution in [3.05, 3.63) is 30.3 Å². The molecule has 0 unspecified atom stereocenters. The van der Waals surface area contributed by atoms with Crippen LogP contribution in [0, 0.1) is 0 Å². The lowest BCUT2D eigenvalue weighted by molar-refractivity contribution is -0.121. The van der Waals surface area contributed by atoms with Crippen molar-refractivity contribution in [3.63, 3.8) is 0 Å². The summed E-state index contributed by atoms with van der Waals surface area (Å²) < 4.78 is 24.3. The van der Waals surface area contributed by atoms with Gasteiger partial charge in [0.15, 0.2) is 15.8 Å². The molecule has 0 aliphatic heterocycles. The highest BCUT2D eigenvalue weighted by Crippen LogP contribution is 2.09. The molecule has 1 rings (SSSR count). The summed E-state index contributed by atoms with van der Waals surface area (Å²) in [6.07, 6.45) is 0. The van der Waals surface area contributed by atoms with E-state index in [9.17, 15) is 13.2 Å². The number of hydrogen-bond donors (Lipinski definition) is 3. The number of sulfone groups is 1. The SMILES string of the molecule is CN=C(NCCS(=O)(=O)c1ccccc1)NCC(=O)NC(C)(C)C. The predicted molar refractivity (Wildman–Crippen MR) is 95.8 cm³/mol. The van der Waals surface area contributed by atoms with Crippen LogP contribution in [-0.2, 0) is 14.6 Å². The van der Waals surface area contributed by atoms with Gasteiger partial charge in [0, 0.05) is 19.1 Å². The van der Waals surface area contributed by atoms with Crippen LogP contribution in [0.5, 0.6) is 0 Å². The Kier molecular flexibility index (Phi) is 7.21. The largest absolute Gasteiger partial charge is 0.355 e. The number of nitrogens with one attached hydrogen (secondary N) is 3. The van der Waals surface area contributed by atoms with E-state index in [0.717, 1.165) is 0 Å². The first-order chi connectivity index (χ1) is 11.1. The van der Waals surface area contributed by atoms with Gasteiger partial charge in [0.05, 0.1) is 17.2 Å². The molecule has 0 aliphatic carbocycles. The van der Waals surface area contributed by atoms with Gasteiger partial charge in [-0.1, -0.05) is 18.2 Å². The number of hydrogen-bond acceptors (Lipinski definition) is 4. The molecular weight excluding hydrogens is 328 g/mol. The molecule has 0 fully saturated rings. The number of rotatable bonds is 6. The first-order valence-corrected chi connectivity index (χ1v) is 9.32. The molecule has 1 aromatic rings. The first kappa shape index (κ1) is 20.0. The maximum atomic E-state index is 12.2. The predicted octanol–water partition coefficient (Wildman–Crippen LogP) is 0.540. The van der Waals surface area contributed by atoms with Crippen molar-refractivity contribution < 1.29 is 13.2 Å². The molecule has 7 nitrogen and oxygen atoms in total. The maximum Gasteiger partial charge on any atom is 0.239 e. The van der Waals surface area contributed by atoms with Crippen molar-refractivity contribution in [2.75, 3.05) is 25.9 Å². The second kappa shape index (κ2) is 8.68. The fourth-order valence-electron chi connectivity index (χ4n) is 1.90. The second-order valence-electron chi connectivity index (χ2n) is 6.28. The topological polar surface area (TPSA) is 99.7 Å². The van der Waals surface area contributed by atoms with Gasteiger partial charge in [-0.25, -0.2) is 8.42 Å². The molecule has 8 heteroatoms. The minimum absolute atomic E-state index is 0.0579. The summed E-state index contributed by atoms with van der Waals surface area (Å²) >= 11 is 0. The molecule has 1 amide bonds. The number of guanidine groups is 1. The van der Waals surface area contributed by atoms with E-state index in [0.29, 0.717) is 10.9 Å². The highest BCUT2D eigenvalue weighted by Gasteiger charge is 2.15. The van der Waals surface area contributed by atoms with E-state index in [-0.39, 0.29) is 30.3 Å². The molecule has 0 atom stereocenters. The van der Waals surface area contributed by atoms with E-state index in [2.05, 4.69) is 20.9 Å². The normalized spacial score (nSPS) is 12.6. The summed E-state index contributed by atoms with van der Waals surface area (Å²) in [4.78, 5) is 16.0. The number of nitrogens with zero attached hydrogens (tertiary/aromatic N) is 1. The molecule has 0 heterocycles. The van der Waals surface area contributed by atoms with Gasteiger partial charge in [-0.3, -0.25) is 9.79 Å². The van der Waals surface area contributed by atoms with E-state index < -0.39 is 9.84 Å². The van der Waals surface area contributed by atoms with Crippen molar-refractivity contribution in [2.24, 2.45) is 4.99 Å². The summed E-state index contributed by atoms with van der Waals surface area (Å²) in [5.74, 6) is 0.149. The van der Waals surface area contributed by atoms with Crippen LogP contribution >= 0.6 is 0 Å². The quantitative estimate of drug-likeness (QED) is 0.511. The van der Waals surface area contributed by atoms with E-state index in [1.54, 1.807) is 37.4 Å². The van der Waals surface area contributed by atoms with Crippen molar-refractivity contribution in [1.82, 2.24) is 16.0 Å². The van der Waals surface area contributed by atoms with Crippen LogP contribution in [0.15, 0.2) is 40.2 Å². The van der Waals surface area contributed by atoms with Crippen LogP contribution in [0.25, 0.3) is 0 Å². The lowest BCUT2D eigenvalue weighted by atomic mass is 10.1. The van der Waals surface area contributed by atoms with Gasteiger partial charge in [0.25, 0.3) is 0 Å². The number of benzene rings is 1. The zero-order valence-electron chi connectivity index (χ0n) is 14.6. The molecule has 0 radical (unpaired) electrons. The Morgan fingerprint density at radius 1 is 1.12 bits per heavy atom. The third-order valence-corrected chi connectivity index (χ3v) is 4.65. The molecule has 1 aromatic carbocycles. The minimum atomic E-state index is -3.34. The smallest absolute Gasteiger partial charge is 0.239 e. The Morgan fingerprint density at radius 3 is 2.29 bits per heavy atom. The Balaban J connectivity index is 2.44. The summed E-state index contributed by atoms with van der Waals surface area (Å²) in [5.41, 5.74) is -0.306. The maximum absolute atomic E-state index is 12.2. The van der Waals surface area contributed by atoms with E-state index in [1.807, 2.05) is 20.8 Å². The van der Waals surface area contributed by atoms with E-state index >= 15 is 0 Å².